The van der Waals surface area contributed by atoms with Crippen molar-refractivity contribution < 1.29 is 0 Å². The first-order valence-corrected chi connectivity index (χ1v) is 8.17. The van der Waals surface area contributed by atoms with Crippen molar-refractivity contribution in [3.63, 3.8) is 0 Å². The minimum atomic E-state index is 0.673. The summed E-state index contributed by atoms with van der Waals surface area (Å²) in [6, 6.07) is 17.7. The third kappa shape index (κ3) is 3.08. The van der Waals surface area contributed by atoms with Gasteiger partial charge in [0, 0.05) is 29.7 Å². The monoisotopic (exact) mass is 283 g/mol. The highest BCUT2D eigenvalue weighted by molar-refractivity contribution is 7.99. The molecule has 2 heteroatoms. The average Bonchev–Trinajstić information content (AvgIpc) is 2.85. The number of hydrogen-bond acceptors (Lipinski definition) is 2. The number of fused-ring (bicyclic) bond motifs is 1. The van der Waals surface area contributed by atoms with Crippen LogP contribution in [0.5, 0.6) is 0 Å². The minimum absolute atomic E-state index is 0.673. The highest BCUT2D eigenvalue weighted by Crippen LogP contribution is 2.39. The predicted octanol–water partition coefficient (Wildman–Crippen LogP) is 4.32. The summed E-state index contributed by atoms with van der Waals surface area (Å²) in [4.78, 5) is 3.92. The molecule has 1 nitrogen and oxygen atoms in total. The second-order valence-electron chi connectivity index (χ2n) is 5.73. The molecule has 0 aliphatic carbocycles. The van der Waals surface area contributed by atoms with Gasteiger partial charge in [-0.05, 0) is 31.2 Å². The molecule has 2 aromatic carbocycles. The van der Waals surface area contributed by atoms with Gasteiger partial charge in [-0.1, -0.05) is 48.0 Å². The molecule has 3 rings (SSSR count). The maximum atomic E-state index is 2.44. The molecule has 104 valence electrons. The fraction of sp³-hybridized carbons (Fsp3) is 0.333. The molecule has 20 heavy (non-hydrogen) atoms. The Bertz CT molecular complexity index is 576. The molecular formula is C18H21NS. The molecule has 1 aliphatic heterocycles. The summed E-state index contributed by atoms with van der Waals surface area (Å²) in [6.45, 7) is 4.31. The Hall–Kier alpha value is -1.25. The van der Waals surface area contributed by atoms with Crippen molar-refractivity contribution in [2.24, 2.45) is 0 Å². The minimum Gasteiger partial charge on any atom is -0.301 e. The van der Waals surface area contributed by atoms with Gasteiger partial charge in [0.05, 0.1) is 0 Å². The molecule has 0 aromatic heterocycles. The number of likely N-dealkylation sites (N-methyl/N-ethyl adjacent to an activating group) is 1. The lowest BCUT2D eigenvalue weighted by Crippen LogP contribution is -2.24. The quantitative estimate of drug-likeness (QED) is 0.822. The van der Waals surface area contributed by atoms with E-state index < -0.39 is 0 Å². The lowest BCUT2D eigenvalue weighted by molar-refractivity contribution is 0.311. The van der Waals surface area contributed by atoms with Crippen LogP contribution in [0.1, 0.15) is 22.6 Å². The van der Waals surface area contributed by atoms with Crippen molar-refractivity contribution in [3.05, 3.63) is 65.2 Å². The van der Waals surface area contributed by atoms with E-state index >= 15 is 0 Å². The van der Waals surface area contributed by atoms with Crippen molar-refractivity contribution in [3.8, 4) is 0 Å². The van der Waals surface area contributed by atoms with Gasteiger partial charge in [-0.25, -0.2) is 0 Å². The van der Waals surface area contributed by atoms with Gasteiger partial charge in [-0.2, -0.15) is 0 Å². The van der Waals surface area contributed by atoms with Gasteiger partial charge >= 0.3 is 0 Å². The van der Waals surface area contributed by atoms with E-state index in [2.05, 4.69) is 67.4 Å². The fourth-order valence-corrected chi connectivity index (χ4v) is 4.07. The van der Waals surface area contributed by atoms with Gasteiger partial charge in [0.1, 0.15) is 0 Å². The number of rotatable bonds is 4. The predicted molar refractivity (Wildman–Crippen MR) is 87.4 cm³/mol. The van der Waals surface area contributed by atoms with Gasteiger partial charge in [-0.3, -0.25) is 0 Å². The van der Waals surface area contributed by atoms with E-state index in [1.807, 2.05) is 11.8 Å². The normalized spacial score (nSPS) is 17.4. The van der Waals surface area contributed by atoms with Crippen LogP contribution in [0.15, 0.2) is 53.4 Å². The molecule has 0 bridgehead atoms. The SMILES string of the molecule is Cc1ccc(CN(C)CC2CSc3ccccc32)cc1. The standard InChI is InChI=1S/C18H21NS/c1-14-7-9-15(10-8-14)11-19(2)12-16-13-20-18-6-4-3-5-17(16)18/h3-10,16H,11-13H2,1-2H3. The summed E-state index contributed by atoms with van der Waals surface area (Å²) in [5, 5.41) is 0. The van der Waals surface area contributed by atoms with Crippen LogP contribution >= 0.6 is 11.8 Å². The first-order chi connectivity index (χ1) is 9.72. The number of thioether (sulfide) groups is 1. The van der Waals surface area contributed by atoms with E-state index in [0.29, 0.717) is 5.92 Å². The van der Waals surface area contributed by atoms with E-state index in [1.165, 1.54) is 27.3 Å². The van der Waals surface area contributed by atoms with Gasteiger partial charge in [0.25, 0.3) is 0 Å². The van der Waals surface area contributed by atoms with Crippen LogP contribution < -0.4 is 0 Å². The van der Waals surface area contributed by atoms with E-state index in [-0.39, 0.29) is 0 Å². The zero-order valence-electron chi connectivity index (χ0n) is 12.2. The maximum absolute atomic E-state index is 2.44. The fourth-order valence-electron chi connectivity index (χ4n) is 2.83. The first kappa shape index (κ1) is 13.7. The molecule has 2 aromatic rings. The number of aryl methyl sites for hydroxylation is 1. The summed E-state index contributed by atoms with van der Waals surface area (Å²) in [5.74, 6) is 1.89. The molecule has 0 amide bonds. The molecule has 0 spiro atoms. The smallest absolute Gasteiger partial charge is 0.0230 e. The largest absolute Gasteiger partial charge is 0.301 e. The van der Waals surface area contributed by atoms with Crippen molar-refractivity contribution in [1.82, 2.24) is 4.90 Å². The van der Waals surface area contributed by atoms with E-state index in [4.69, 9.17) is 0 Å². The number of nitrogens with zero attached hydrogens (tertiary/aromatic N) is 1. The highest BCUT2D eigenvalue weighted by Gasteiger charge is 2.23. The second-order valence-corrected chi connectivity index (χ2v) is 6.79. The Kier molecular flexibility index (Phi) is 4.13. The third-order valence-corrected chi connectivity index (χ3v) is 5.16. The number of benzene rings is 2. The van der Waals surface area contributed by atoms with Crippen LogP contribution in [0, 0.1) is 6.92 Å². The molecular weight excluding hydrogens is 262 g/mol. The molecule has 1 unspecified atom stereocenters. The average molecular weight is 283 g/mol. The van der Waals surface area contributed by atoms with Crippen molar-refractivity contribution in [2.75, 3.05) is 19.3 Å². The van der Waals surface area contributed by atoms with E-state index in [1.54, 1.807) is 0 Å². The van der Waals surface area contributed by atoms with Crippen LogP contribution in [-0.4, -0.2) is 24.2 Å². The Morgan fingerprint density at radius 2 is 1.85 bits per heavy atom. The van der Waals surface area contributed by atoms with Crippen molar-refractivity contribution in [2.45, 2.75) is 24.3 Å². The van der Waals surface area contributed by atoms with E-state index in [9.17, 15) is 0 Å². The summed E-state index contributed by atoms with van der Waals surface area (Å²) in [5.41, 5.74) is 4.27. The lowest BCUT2D eigenvalue weighted by atomic mass is 10.0. The molecule has 1 aliphatic rings. The first-order valence-electron chi connectivity index (χ1n) is 7.18. The summed E-state index contributed by atoms with van der Waals surface area (Å²) in [7, 11) is 2.23. The Balaban J connectivity index is 1.62. The highest BCUT2D eigenvalue weighted by atomic mass is 32.2. The maximum Gasteiger partial charge on any atom is 0.0230 e. The lowest BCUT2D eigenvalue weighted by Gasteiger charge is -2.21. The topological polar surface area (TPSA) is 3.24 Å². The van der Waals surface area contributed by atoms with E-state index in [0.717, 1.165) is 13.1 Å². The molecule has 0 saturated heterocycles. The summed E-state index contributed by atoms with van der Waals surface area (Å²) < 4.78 is 0. The Labute approximate surface area is 126 Å². The zero-order chi connectivity index (χ0) is 13.9. The third-order valence-electron chi connectivity index (χ3n) is 3.90. The van der Waals surface area contributed by atoms with Crippen LogP contribution in [-0.2, 0) is 6.54 Å². The van der Waals surface area contributed by atoms with Gasteiger partial charge in [0.2, 0.25) is 0 Å². The van der Waals surface area contributed by atoms with Crippen LogP contribution in [0.4, 0.5) is 0 Å². The Morgan fingerprint density at radius 3 is 2.65 bits per heavy atom. The van der Waals surface area contributed by atoms with Gasteiger partial charge in [0.15, 0.2) is 0 Å². The van der Waals surface area contributed by atoms with Gasteiger partial charge in [-0.15, -0.1) is 11.8 Å². The Morgan fingerprint density at radius 1 is 1.10 bits per heavy atom. The van der Waals surface area contributed by atoms with Crippen molar-refractivity contribution >= 4 is 11.8 Å². The second kappa shape index (κ2) is 6.02. The number of hydrogen-bond donors (Lipinski definition) is 0. The summed E-state index contributed by atoms with van der Waals surface area (Å²) >= 11 is 2.00. The zero-order valence-corrected chi connectivity index (χ0v) is 13.0. The molecule has 0 saturated carbocycles. The van der Waals surface area contributed by atoms with Crippen LogP contribution in [0.3, 0.4) is 0 Å². The van der Waals surface area contributed by atoms with Crippen molar-refractivity contribution in [1.29, 1.82) is 0 Å². The molecule has 0 radical (unpaired) electrons. The van der Waals surface area contributed by atoms with Crippen LogP contribution in [0.2, 0.25) is 0 Å². The summed E-state index contributed by atoms with van der Waals surface area (Å²) in [6.07, 6.45) is 0. The molecule has 0 N–H and O–H groups in total. The van der Waals surface area contributed by atoms with Crippen LogP contribution in [0.25, 0.3) is 0 Å². The molecule has 0 fully saturated rings. The van der Waals surface area contributed by atoms with Gasteiger partial charge < -0.3 is 4.90 Å². The molecule has 1 heterocycles. The molecule has 1 atom stereocenters.